The number of piperidine rings is 1. The smallest absolute Gasteiger partial charge is 0.242 e. The molecule has 1 unspecified atom stereocenters. The summed E-state index contributed by atoms with van der Waals surface area (Å²) >= 11 is 0. The molecule has 1 aromatic heterocycles. The lowest BCUT2D eigenvalue weighted by molar-refractivity contribution is -0.140. The number of nitrogens with two attached hydrogens (primary N) is 1. The minimum atomic E-state index is -0.604. The van der Waals surface area contributed by atoms with Gasteiger partial charge >= 0.3 is 0 Å². The molecule has 2 N–H and O–H groups in total. The lowest BCUT2D eigenvalue weighted by Gasteiger charge is -2.40. The number of likely N-dealkylation sites (tertiary alicyclic amines) is 1. The molecule has 6 nitrogen and oxygen atoms in total. The van der Waals surface area contributed by atoms with Gasteiger partial charge in [-0.25, -0.2) is 4.98 Å². The molecule has 1 saturated carbocycles. The standard InChI is InChI=1S/C15H25N5O.2ClH/c16-15(6-2-1-3-7-15)14(21)19-8-4-5-13(9-19)10-20-12-17-11-18-20;;/h11-13H,1-10,16H2;2*1H. The molecule has 3 rings (SSSR count). The number of carbonyl (C=O) groups is 1. The molecule has 2 aliphatic rings. The van der Waals surface area contributed by atoms with E-state index in [1.165, 1.54) is 6.42 Å². The van der Waals surface area contributed by atoms with Crippen LogP contribution >= 0.6 is 24.8 Å². The molecule has 1 amide bonds. The zero-order valence-electron chi connectivity index (χ0n) is 13.4. The van der Waals surface area contributed by atoms with Crippen LogP contribution in [-0.2, 0) is 11.3 Å². The fourth-order valence-electron chi connectivity index (χ4n) is 3.70. The summed E-state index contributed by atoms with van der Waals surface area (Å²) in [5.41, 5.74) is 5.79. The van der Waals surface area contributed by atoms with Gasteiger partial charge in [0.2, 0.25) is 5.91 Å². The second kappa shape index (κ2) is 8.85. The number of amides is 1. The van der Waals surface area contributed by atoms with Crippen molar-refractivity contribution in [2.75, 3.05) is 13.1 Å². The largest absolute Gasteiger partial charge is 0.341 e. The van der Waals surface area contributed by atoms with E-state index < -0.39 is 5.54 Å². The first kappa shape index (κ1) is 20.2. The van der Waals surface area contributed by atoms with Crippen LogP contribution in [0.5, 0.6) is 0 Å². The molecule has 2 heterocycles. The van der Waals surface area contributed by atoms with Crippen LogP contribution in [0, 0.1) is 5.92 Å². The molecule has 1 saturated heterocycles. The molecular weight excluding hydrogens is 337 g/mol. The van der Waals surface area contributed by atoms with E-state index in [2.05, 4.69) is 10.1 Å². The lowest BCUT2D eigenvalue weighted by atomic mass is 9.81. The van der Waals surface area contributed by atoms with Crippen LogP contribution in [0.3, 0.4) is 0 Å². The van der Waals surface area contributed by atoms with Gasteiger partial charge in [0.15, 0.2) is 0 Å². The van der Waals surface area contributed by atoms with Gasteiger partial charge in [-0.1, -0.05) is 19.3 Å². The van der Waals surface area contributed by atoms with Crippen LogP contribution < -0.4 is 5.73 Å². The van der Waals surface area contributed by atoms with E-state index in [-0.39, 0.29) is 30.7 Å². The summed E-state index contributed by atoms with van der Waals surface area (Å²) < 4.78 is 1.86. The molecular formula is C15H27Cl2N5O. The summed E-state index contributed by atoms with van der Waals surface area (Å²) in [6, 6.07) is 0. The maximum absolute atomic E-state index is 12.8. The summed E-state index contributed by atoms with van der Waals surface area (Å²) in [5.74, 6) is 0.627. The van der Waals surface area contributed by atoms with Crippen molar-refractivity contribution in [3.05, 3.63) is 12.7 Å². The van der Waals surface area contributed by atoms with Crippen LogP contribution in [0.2, 0.25) is 0 Å². The summed E-state index contributed by atoms with van der Waals surface area (Å²) in [7, 11) is 0. The maximum atomic E-state index is 12.8. The Balaban J connectivity index is 0.00000132. The van der Waals surface area contributed by atoms with Gasteiger partial charge in [0, 0.05) is 19.6 Å². The predicted molar refractivity (Wildman–Crippen MR) is 93.8 cm³/mol. The van der Waals surface area contributed by atoms with E-state index in [4.69, 9.17) is 5.73 Å². The Bertz CT molecular complexity index is 476. The maximum Gasteiger partial charge on any atom is 0.242 e. The quantitative estimate of drug-likeness (QED) is 0.890. The number of carbonyl (C=O) groups excluding carboxylic acids is 1. The van der Waals surface area contributed by atoms with Crippen molar-refractivity contribution in [3.63, 3.8) is 0 Å². The number of nitrogens with zero attached hydrogens (tertiary/aromatic N) is 4. The first-order valence-corrected chi connectivity index (χ1v) is 8.08. The molecule has 1 aliphatic heterocycles. The monoisotopic (exact) mass is 363 g/mol. The van der Waals surface area contributed by atoms with Crippen molar-refractivity contribution in [1.29, 1.82) is 0 Å². The summed E-state index contributed by atoms with van der Waals surface area (Å²) in [4.78, 5) is 18.8. The van der Waals surface area contributed by atoms with Gasteiger partial charge in [-0.2, -0.15) is 5.10 Å². The van der Waals surface area contributed by atoms with E-state index in [9.17, 15) is 4.79 Å². The van der Waals surface area contributed by atoms with E-state index in [1.807, 2.05) is 9.58 Å². The fraction of sp³-hybridized carbons (Fsp3) is 0.800. The van der Waals surface area contributed by atoms with E-state index in [1.54, 1.807) is 12.7 Å². The van der Waals surface area contributed by atoms with Gasteiger partial charge in [-0.05, 0) is 31.6 Å². The fourth-order valence-corrected chi connectivity index (χ4v) is 3.70. The average molecular weight is 364 g/mol. The molecule has 1 aromatic rings. The highest BCUT2D eigenvalue weighted by atomic mass is 35.5. The van der Waals surface area contributed by atoms with Gasteiger partial charge in [0.25, 0.3) is 0 Å². The number of hydrogen-bond donors (Lipinski definition) is 1. The molecule has 2 fully saturated rings. The average Bonchev–Trinajstić information content (AvgIpc) is 3.00. The van der Waals surface area contributed by atoms with Crippen molar-refractivity contribution in [2.24, 2.45) is 11.7 Å². The summed E-state index contributed by atoms with van der Waals surface area (Å²) in [6.45, 7) is 2.49. The van der Waals surface area contributed by atoms with Gasteiger partial charge in [-0.3, -0.25) is 9.48 Å². The zero-order chi connectivity index (χ0) is 14.7. The van der Waals surface area contributed by atoms with Gasteiger partial charge in [0.05, 0.1) is 5.54 Å². The molecule has 0 bridgehead atoms. The van der Waals surface area contributed by atoms with Crippen molar-refractivity contribution in [3.8, 4) is 0 Å². The minimum Gasteiger partial charge on any atom is -0.341 e. The van der Waals surface area contributed by atoms with E-state index in [0.717, 1.165) is 58.2 Å². The Morgan fingerprint density at radius 1 is 1.22 bits per heavy atom. The second-order valence-electron chi connectivity index (χ2n) is 6.59. The van der Waals surface area contributed by atoms with Crippen LogP contribution in [0.15, 0.2) is 12.7 Å². The predicted octanol–water partition coefficient (Wildman–Crippen LogP) is 2.02. The van der Waals surface area contributed by atoms with Crippen LogP contribution in [0.25, 0.3) is 0 Å². The van der Waals surface area contributed by atoms with Crippen LogP contribution in [-0.4, -0.2) is 44.2 Å². The van der Waals surface area contributed by atoms with Crippen LogP contribution in [0.1, 0.15) is 44.9 Å². The molecule has 1 aliphatic carbocycles. The Kier molecular flexibility index (Phi) is 7.77. The van der Waals surface area contributed by atoms with Crippen molar-refractivity contribution < 1.29 is 4.79 Å². The second-order valence-corrected chi connectivity index (χ2v) is 6.59. The van der Waals surface area contributed by atoms with Crippen LogP contribution in [0.4, 0.5) is 0 Å². The van der Waals surface area contributed by atoms with Crippen molar-refractivity contribution in [1.82, 2.24) is 19.7 Å². The first-order valence-electron chi connectivity index (χ1n) is 8.08. The van der Waals surface area contributed by atoms with Gasteiger partial charge in [-0.15, -0.1) is 24.8 Å². The highest BCUT2D eigenvalue weighted by Crippen LogP contribution is 2.29. The molecule has 132 valence electrons. The third-order valence-electron chi connectivity index (χ3n) is 4.89. The van der Waals surface area contributed by atoms with Gasteiger partial charge < -0.3 is 10.6 Å². The molecule has 0 radical (unpaired) electrons. The van der Waals surface area contributed by atoms with Crippen molar-refractivity contribution in [2.45, 2.75) is 57.0 Å². The van der Waals surface area contributed by atoms with Gasteiger partial charge in [0.1, 0.15) is 12.7 Å². The SMILES string of the molecule is Cl.Cl.NC1(C(=O)N2CCCC(Cn3cncn3)C2)CCCCC1. The Labute approximate surface area is 150 Å². The van der Waals surface area contributed by atoms with Crippen molar-refractivity contribution >= 4 is 30.7 Å². The Hall–Kier alpha value is -0.850. The summed E-state index contributed by atoms with van der Waals surface area (Å²) in [5, 5.41) is 4.16. The molecule has 0 aromatic carbocycles. The number of aromatic nitrogens is 3. The molecule has 1 atom stereocenters. The topological polar surface area (TPSA) is 77.0 Å². The normalized spacial score (nSPS) is 23.5. The number of rotatable bonds is 3. The number of hydrogen-bond acceptors (Lipinski definition) is 4. The number of halogens is 2. The minimum absolute atomic E-state index is 0. The first-order chi connectivity index (χ1) is 10.2. The highest BCUT2D eigenvalue weighted by Gasteiger charge is 2.39. The highest BCUT2D eigenvalue weighted by molar-refractivity contribution is 5.86. The van der Waals surface area contributed by atoms with E-state index in [0.29, 0.717) is 5.92 Å². The summed E-state index contributed by atoms with van der Waals surface area (Å²) in [6.07, 6.45) is 10.6. The molecule has 23 heavy (non-hydrogen) atoms. The lowest BCUT2D eigenvalue weighted by Crippen LogP contribution is -2.58. The Morgan fingerprint density at radius 2 is 1.96 bits per heavy atom. The third-order valence-corrected chi connectivity index (χ3v) is 4.89. The third kappa shape index (κ3) is 4.81. The molecule has 8 heteroatoms. The zero-order valence-corrected chi connectivity index (χ0v) is 15.0. The molecule has 0 spiro atoms. The van der Waals surface area contributed by atoms with E-state index >= 15 is 0 Å². The Morgan fingerprint density at radius 3 is 2.61 bits per heavy atom.